The highest BCUT2D eigenvalue weighted by Crippen LogP contribution is 2.24. The van der Waals surface area contributed by atoms with Gasteiger partial charge in [-0.3, -0.25) is 4.79 Å². The number of hydrogen-bond acceptors (Lipinski definition) is 5. The number of hydrogen-bond donors (Lipinski definition) is 1. The number of amides is 1. The van der Waals surface area contributed by atoms with Crippen LogP contribution in [-0.4, -0.2) is 36.1 Å². The van der Waals surface area contributed by atoms with Crippen molar-refractivity contribution in [3.8, 4) is 6.01 Å². The number of methoxy groups -OCH3 is 1. The lowest BCUT2D eigenvalue weighted by Gasteiger charge is -2.32. The lowest BCUT2D eigenvalue weighted by Crippen LogP contribution is -2.36. The third-order valence-corrected chi connectivity index (χ3v) is 4.70. The van der Waals surface area contributed by atoms with Crippen LogP contribution < -0.4 is 15.0 Å². The van der Waals surface area contributed by atoms with Crippen molar-refractivity contribution in [2.45, 2.75) is 25.8 Å². The van der Waals surface area contributed by atoms with Crippen LogP contribution >= 0.6 is 0 Å². The Morgan fingerprint density at radius 2 is 2.07 bits per heavy atom. The molecule has 2 heterocycles. The van der Waals surface area contributed by atoms with Gasteiger partial charge in [-0.05, 0) is 43.0 Å². The van der Waals surface area contributed by atoms with Crippen molar-refractivity contribution in [3.63, 3.8) is 0 Å². The molecule has 2 aromatic rings. The van der Waals surface area contributed by atoms with Crippen LogP contribution in [0.5, 0.6) is 6.01 Å². The summed E-state index contributed by atoms with van der Waals surface area (Å²) in [6.45, 7) is 1.56. The number of aromatic nitrogens is 2. The fourth-order valence-electron chi connectivity index (χ4n) is 3.18. The number of halogens is 2. The molecule has 1 aliphatic rings. The van der Waals surface area contributed by atoms with Gasteiger partial charge in [0, 0.05) is 37.8 Å². The molecular formula is C19H22F2N4O2. The van der Waals surface area contributed by atoms with Crippen LogP contribution in [0.4, 0.5) is 14.6 Å². The van der Waals surface area contributed by atoms with Gasteiger partial charge in [0.2, 0.25) is 5.91 Å². The standard InChI is InChI=1S/C19H22F2N4O2/c1-27-19-22-7-4-17(24-19)25-8-5-13(6-9-25)10-18(26)23-12-14-11-15(20)2-3-16(14)21/h2-4,7,11,13H,5-6,8-10,12H2,1H3,(H,23,26). The van der Waals surface area contributed by atoms with Crippen molar-refractivity contribution < 1.29 is 18.3 Å². The molecule has 0 atom stereocenters. The van der Waals surface area contributed by atoms with Crippen LogP contribution in [0.25, 0.3) is 0 Å². The molecule has 0 radical (unpaired) electrons. The quantitative estimate of drug-likeness (QED) is 0.840. The van der Waals surface area contributed by atoms with E-state index in [-0.39, 0.29) is 23.9 Å². The number of benzene rings is 1. The second kappa shape index (κ2) is 8.75. The highest BCUT2D eigenvalue weighted by atomic mass is 19.1. The smallest absolute Gasteiger partial charge is 0.318 e. The molecule has 1 N–H and O–H groups in total. The zero-order valence-corrected chi connectivity index (χ0v) is 15.1. The number of piperidine rings is 1. The Hall–Kier alpha value is -2.77. The summed E-state index contributed by atoms with van der Waals surface area (Å²) in [4.78, 5) is 22.6. The van der Waals surface area contributed by atoms with Gasteiger partial charge in [0.05, 0.1) is 7.11 Å². The monoisotopic (exact) mass is 376 g/mol. The molecule has 6 nitrogen and oxygen atoms in total. The molecule has 27 heavy (non-hydrogen) atoms. The zero-order chi connectivity index (χ0) is 19.2. The van der Waals surface area contributed by atoms with Crippen molar-refractivity contribution in [2.24, 2.45) is 5.92 Å². The SMILES string of the molecule is COc1nccc(N2CCC(CC(=O)NCc3cc(F)ccc3F)CC2)n1. The van der Waals surface area contributed by atoms with Gasteiger partial charge >= 0.3 is 6.01 Å². The van der Waals surface area contributed by atoms with Crippen LogP contribution in [-0.2, 0) is 11.3 Å². The van der Waals surface area contributed by atoms with E-state index in [1.165, 1.54) is 7.11 Å². The van der Waals surface area contributed by atoms with Crippen molar-refractivity contribution in [1.82, 2.24) is 15.3 Å². The van der Waals surface area contributed by atoms with Crippen LogP contribution in [0.15, 0.2) is 30.5 Å². The van der Waals surface area contributed by atoms with Crippen LogP contribution in [0.1, 0.15) is 24.8 Å². The lowest BCUT2D eigenvalue weighted by atomic mass is 9.93. The molecule has 0 unspecified atom stereocenters. The number of carbonyl (C=O) groups is 1. The third-order valence-electron chi connectivity index (χ3n) is 4.70. The largest absolute Gasteiger partial charge is 0.467 e. The van der Waals surface area contributed by atoms with Gasteiger partial charge in [-0.1, -0.05) is 0 Å². The molecule has 0 saturated carbocycles. The maximum atomic E-state index is 13.6. The average molecular weight is 376 g/mol. The Bertz CT molecular complexity index is 795. The summed E-state index contributed by atoms with van der Waals surface area (Å²) >= 11 is 0. The first-order valence-electron chi connectivity index (χ1n) is 8.87. The number of ether oxygens (including phenoxy) is 1. The molecule has 1 fully saturated rings. The second-order valence-electron chi connectivity index (χ2n) is 6.55. The number of nitrogens with one attached hydrogen (secondary N) is 1. The van der Waals surface area contributed by atoms with Gasteiger partial charge in [0.15, 0.2) is 0 Å². The van der Waals surface area contributed by atoms with Crippen molar-refractivity contribution in [1.29, 1.82) is 0 Å². The van der Waals surface area contributed by atoms with Gasteiger partial charge in [-0.25, -0.2) is 13.8 Å². The Morgan fingerprint density at radius 1 is 1.30 bits per heavy atom. The normalized spacial score (nSPS) is 14.9. The minimum Gasteiger partial charge on any atom is -0.467 e. The molecule has 8 heteroatoms. The topological polar surface area (TPSA) is 67.3 Å². The van der Waals surface area contributed by atoms with E-state index >= 15 is 0 Å². The summed E-state index contributed by atoms with van der Waals surface area (Å²) in [7, 11) is 1.53. The van der Waals surface area contributed by atoms with Crippen molar-refractivity contribution in [3.05, 3.63) is 47.7 Å². The fourth-order valence-corrected chi connectivity index (χ4v) is 3.18. The summed E-state index contributed by atoms with van der Waals surface area (Å²) in [6, 6.07) is 5.39. The van der Waals surface area contributed by atoms with E-state index in [9.17, 15) is 13.6 Å². The van der Waals surface area contributed by atoms with E-state index < -0.39 is 11.6 Å². The van der Waals surface area contributed by atoms with Gasteiger partial charge in [-0.2, -0.15) is 4.98 Å². The summed E-state index contributed by atoms with van der Waals surface area (Å²) in [5.41, 5.74) is 0.149. The highest BCUT2D eigenvalue weighted by molar-refractivity contribution is 5.76. The molecule has 1 aromatic heterocycles. The number of rotatable bonds is 6. The summed E-state index contributed by atoms with van der Waals surface area (Å²) in [6.07, 6.45) is 3.74. The number of nitrogens with zero attached hydrogens (tertiary/aromatic N) is 3. The molecule has 3 rings (SSSR count). The first kappa shape index (κ1) is 19.0. The van der Waals surface area contributed by atoms with E-state index in [1.54, 1.807) is 6.20 Å². The van der Waals surface area contributed by atoms with Gasteiger partial charge in [0.1, 0.15) is 17.5 Å². The number of carbonyl (C=O) groups excluding carboxylic acids is 1. The molecule has 1 aromatic carbocycles. The van der Waals surface area contributed by atoms with Crippen LogP contribution in [0.3, 0.4) is 0 Å². The summed E-state index contributed by atoms with van der Waals surface area (Å²) in [5, 5.41) is 2.68. The van der Waals surface area contributed by atoms with E-state index in [0.717, 1.165) is 49.9 Å². The number of anilines is 1. The predicted molar refractivity (Wildman–Crippen MR) is 96.3 cm³/mol. The predicted octanol–water partition coefficient (Wildman–Crippen LogP) is 2.69. The van der Waals surface area contributed by atoms with E-state index in [1.807, 2.05) is 6.07 Å². The van der Waals surface area contributed by atoms with Crippen LogP contribution in [0, 0.1) is 17.6 Å². The Balaban J connectivity index is 1.46. The molecule has 144 valence electrons. The Kier molecular flexibility index (Phi) is 6.16. The van der Waals surface area contributed by atoms with Gasteiger partial charge in [-0.15, -0.1) is 0 Å². The Labute approximate surface area is 156 Å². The fraction of sp³-hybridized carbons (Fsp3) is 0.421. The van der Waals surface area contributed by atoms with Crippen molar-refractivity contribution >= 4 is 11.7 Å². The van der Waals surface area contributed by atoms with Crippen LogP contribution in [0.2, 0.25) is 0 Å². The first-order valence-corrected chi connectivity index (χ1v) is 8.87. The molecule has 0 bridgehead atoms. The average Bonchev–Trinajstić information content (AvgIpc) is 2.69. The molecule has 1 saturated heterocycles. The lowest BCUT2D eigenvalue weighted by molar-refractivity contribution is -0.122. The maximum Gasteiger partial charge on any atom is 0.318 e. The van der Waals surface area contributed by atoms with Crippen molar-refractivity contribution in [2.75, 3.05) is 25.1 Å². The third kappa shape index (κ3) is 5.12. The first-order chi connectivity index (χ1) is 13.0. The molecule has 0 aliphatic carbocycles. The maximum absolute atomic E-state index is 13.6. The molecule has 0 spiro atoms. The second-order valence-corrected chi connectivity index (χ2v) is 6.55. The zero-order valence-electron chi connectivity index (χ0n) is 15.1. The van der Waals surface area contributed by atoms with E-state index in [4.69, 9.17) is 4.74 Å². The molecule has 1 aliphatic heterocycles. The highest BCUT2D eigenvalue weighted by Gasteiger charge is 2.22. The minimum atomic E-state index is -0.523. The van der Waals surface area contributed by atoms with Gasteiger partial charge < -0.3 is 15.0 Å². The minimum absolute atomic E-state index is 0.0119. The van der Waals surface area contributed by atoms with Gasteiger partial charge in [0.25, 0.3) is 0 Å². The van der Waals surface area contributed by atoms with E-state index in [2.05, 4.69) is 20.2 Å². The Morgan fingerprint density at radius 3 is 2.81 bits per heavy atom. The summed E-state index contributed by atoms with van der Waals surface area (Å²) in [5.74, 6) is -0.130. The summed E-state index contributed by atoms with van der Waals surface area (Å²) < 4.78 is 31.8. The van der Waals surface area contributed by atoms with E-state index in [0.29, 0.717) is 12.4 Å². The molecular weight excluding hydrogens is 354 g/mol. The molecule has 1 amide bonds.